The number of amides is 1. The quantitative estimate of drug-likeness (QED) is 0.699. The molecule has 1 aliphatic carbocycles. The Kier molecular flexibility index (Phi) is 4.68. The molecule has 2 aromatic rings. The lowest BCUT2D eigenvalue weighted by Gasteiger charge is -2.13. The molecular formula is C16H22N6O3S2. The van der Waals surface area contributed by atoms with Crippen LogP contribution in [0.15, 0.2) is 17.2 Å². The van der Waals surface area contributed by atoms with Crippen molar-refractivity contribution in [2.75, 3.05) is 13.1 Å². The number of nitrogens with one attached hydrogen (secondary N) is 2. The number of aromatic nitrogens is 4. The molecule has 1 saturated heterocycles. The summed E-state index contributed by atoms with van der Waals surface area (Å²) in [4.78, 5) is 12.7. The van der Waals surface area contributed by atoms with E-state index in [1.807, 2.05) is 4.57 Å². The van der Waals surface area contributed by atoms with Crippen molar-refractivity contribution >= 4 is 28.1 Å². The van der Waals surface area contributed by atoms with Gasteiger partial charge in [-0.1, -0.05) is 0 Å². The van der Waals surface area contributed by atoms with Crippen molar-refractivity contribution in [1.82, 2.24) is 29.0 Å². The molecule has 146 valence electrons. The first-order valence-electron chi connectivity index (χ1n) is 8.98. The Morgan fingerprint density at radius 3 is 2.74 bits per heavy atom. The minimum atomic E-state index is -3.55. The highest BCUT2D eigenvalue weighted by Gasteiger charge is 2.30. The Hall–Kier alpha value is -1.98. The number of hydrogen-bond donors (Lipinski definition) is 2. The standard InChI is InChI=1S/C16H22N6O3S2/c1-20-10-12(27(24,25)21-6-2-3-7-21)8-13(20)15(23)17-9-14-18-19-16(26)22(14)11-4-5-11/h8,10-11H,2-7,9H2,1H3,(H,17,23)(H,19,26). The Balaban J connectivity index is 1.50. The molecular weight excluding hydrogens is 388 g/mol. The van der Waals surface area contributed by atoms with E-state index in [9.17, 15) is 13.2 Å². The van der Waals surface area contributed by atoms with Crippen molar-refractivity contribution < 1.29 is 13.2 Å². The van der Waals surface area contributed by atoms with Gasteiger partial charge in [-0.25, -0.2) is 8.42 Å². The van der Waals surface area contributed by atoms with Gasteiger partial charge in [-0.2, -0.15) is 9.40 Å². The van der Waals surface area contributed by atoms with Gasteiger partial charge in [0, 0.05) is 32.4 Å². The van der Waals surface area contributed by atoms with Crippen LogP contribution in [-0.2, 0) is 23.6 Å². The molecule has 2 fully saturated rings. The normalized spacial score (nSPS) is 18.1. The lowest BCUT2D eigenvalue weighted by molar-refractivity contribution is 0.0941. The third-order valence-corrected chi connectivity index (χ3v) is 7.16. The summed E-state index contributed by atoms with van der Waals surface area (Å²) in [5, 5.41) is 9.76. The van der Waals surface area contributed by atoms with Crippen LogP contribution in [0, 0.1) is 4.77 Å². The fourth-order valence-electron chi connectivity index (χ4n) is 3.40. The zero-order valence-electron chi connectivity index (χ0n) is 15.0. The molecule has 0 atom stereocenters. The van der Waals surface area contributed by atoms with Gasteiger partial charge in [-0.05, 0) is 44.0 Å². The highest BCUT2D eigenvalue weighted by Crippen LogP contribution is 2.35. The molecule has 1 saturated carbocycles. The van der Waals surface area contributed by atoms with Crippen molar-refractivity contribution in [2.24, 2.45) is 7.05 Å². The summed E-state index contributed by atoms with van der Waals surface area (Å²) < 4.78 is 30.9. The zero-order chi connectivity index (χ0) is 19.2. The summed E-state index contributed by atoms with van der Waals surface area (Å²) in [6.07, 6.45) is 5.35. The maximum atomic E-state index is 12.7. The maximum Gasteiger partial charge on any atom is 0.268 e. The molecule has 2 N–H and O–H groups in total. The number of aromatic amines is 1. The third kappa shape index (κ3) is 3.46. The lowest BCUT2D eigenvalue weighted by atomic mass is 10.4. The van der Waals surface area contributed by atoms with Crippen molar-refractivity contribution in [1.29, 1.82) is 0 Å². The number of carbonyl (C=O) groups excluding carboxylic acids is 1. The molecule has 11 heteroatoms. The SMILES string of the molecule is Cn1cc(S(=O)(=O)N2CCCC2)cc1C(=O)NCc1n[nH]c(=S)n1C1CC1. The Morgan fingerprint density at radius 1 is 1.37 bits per heavy atom. The van der Waals surface area contributed by atoms with E-state index in [1.165, 1.54) is 21.1 Å². The molecule has 4 rings (SSSR count). The number of hydrogen-bond acceptors (Lipinski definition) is 5. The number of nitrogens with zero attached hydrogens (tertiary/aromatic N) is 4. The van der Waals surface area contributed by atoms with Crippen molar-refractivity contribution in [3.63, 3.8) is 0 Å². The van der Waals surface area contributed by atoms with E-state index >= 15 is 0 Å². The fraction of sp³-hybridized carbons (Fsp3) is 0.562. The second kappa shape index (κ2) is 6.88. The highest BCUT2D eigenvalue weighted by atomic mass is 32.2. The third-order valence-electron chi connectivity index (χ3n) is 5.01. The van der Waals surface area contributed by atoms with Gasteiger partial charge in [0.15, 0.2) is 10.6 Å². The van der Waals surface area contributed by atoms with Gasteiger partial charge in [0.1, 0.15) is 10.6 Å². The van der Waals surface area contributed by atoms with Gasteiger partial charge in [0.05, 0.1) is 6.54 Å². The number of H-pyrrole nitrogens is 1. The predicted molar refractivity (Wildman–Crippen MR) is 100 cm³/mol. The predicted octanol–water partition coefficient (Wildman–Crippen LogP) is 1.33. The van der Waals surface area contributed by atoms with Gasteiger partial charge in [0.25, 0.3) is 5.91 Å². The first-order valence-corrected chi connectivity index (χ1v) is 10.8. The van der Waals surface area contributed by atoms with Gasteiger partial charge in [-0.15, -0.1) is 0 Å². The number of sulfonamides is 1. The van der Waals surface area contributed by atoms with E-state index in [0.29, 0.717) is 35.4 Å². The summed E-state index contributed by atoms with van der Waals surface area (Å²) in [5.41, 5.74) is 0.292. The molecule has 0 bridgehead atoms. The van der Waals surface area contributed by atoms with Gasteiger partial charge < -0.3 is 9.88 Å². The highest BCUT2D eigenvalue weighted by molar-refractivity contribution is 7.89. The average molecular weight is 411 g/mol. The minimum absolute atomic E-state index is 0.151. The van der Waals surface area contributed by atoms with Crippen LogP contribution >= 0.6 is 12.2 Å². The average Bonchev–Trinajstić information content (AvgIpc) is 3.03. The molecule has 3 heterocycles. The van der Waals surface area contributed by atoms with Crippen LogP contribution in [0.2, 0.25) is 0 Å². The first-order chi connectivity index (χ1) is 12.9. The Morgan fingerprint density at radius 2 is 2.07 bits per heavy atom. The van der Waals surface area contributed by atoms with Crippen LogP contribution in [-0.4, -0.2) is 51.1 Å². The molecule has 2 aliphatic rings. The summed E-state index contributed by atoms with van der Waals surface area (Å²) >= 11 is 5.24. The molecule has 1 amide bonds. The second-order valence-corrected chi connectivity index (χ2v) is 9.34. The maximum absolute atomic E-state index is 12.7. The minimum Gasteiger partial charge on any atom is -0.345 e. The summed E-state index contributed by atoms with van der Waals surface area (Å²) in [7, 11) is -1.89. The van der Waals surface area contributed by atoms with Crippen LogP contribution in [0.5, 0.6) is 0 Å². The van der Waals surface area contributed by atoms with Crippen LogP contribution in [0.4, 0.5) is 0 Å². The van der Waals surface area contributed by atoms with Crippen molar-refractivity contribution in [3.8, 4) is 0 Å². The molecule has 0 radical (unpaired) electrons. The fourth-order valence-corrected chi connectivity index (χ4v) is 5.29. The van der Waals surface area contributed by atoms with E-state index < -0.39 is 10.0 Å². The van der Waals surface area contributed by atoms with E-state index in [-0.39, 0.29) is 17.3 Å². The number of rotatable bonds is 6. The lowest BCUT2D eigenvalue weighted by Crippen LogP contribution is -2.27. The van der Waals surface area contributed by atoms with Crippen molar-refractivity contribution in [3.05, 3.63) is 28.6 Å². The smallest absolute Gasteiger partial charge is 0.268 e. The number of carbonyl (C=O) groups is 1. The molecule has 0 spiro atoms. The Bertz CT molecular complexity index is 1020. The van der Waals surface area contributed by atoms with Gasteiger partial charge >= 0.3 is 0 Å². The van der Waals surface area contributed by atoms with E-state index in [2.05, 4.69) is 15.5 Å². The monoisotopic (exact) mass is 410 g/mol. The van der Waals surface area contributed by atoms with Crippen LogP contribution < -0.4 is 5.32 Å². The van der Waals surface area contributed by atoms with E-state index in [4.69, 9.17) is 12.2 Å². The van der Waals surface area contributed by atoms with E-state index in [0.717, 1.165) is 25.7 Å². The largest absolute Gasteiger partial charge is 0.345 e. The number of aryl methyl sites for hydroxylation is 1. The first kappa shape index (κ1) is 18.4. The summed E-state index contributed by atoms with van der Waals surface area (Å²) in [6, 6.07) is 1.79. The molecule has 27 heavy (non-hydrogen) atoms. The zero-order valence-corrected chi connectivity index (χ0v) is 16.6. The van der Waals surface area contributed by atoms with Gasteiger partial charge in [-0.3, -0.25) is 14.5 Å². The van der Waals surface area contributed by atoms with E-state index in [1.54, 1.807) is 7.05 Å². The molecule has 0 aromatic carbocycles. The van der Waals surface area contributed by atoms with Crippen LogP contribution in [0.1, 0.15) is 48.0 Å². The molecule has 0 unspecified atom stereocenters. The second-order valence-electron chi connectivity index (χ2n) is 7.01. The van der Waals surface area contributed by atoms with Gasteiger partial charge in [0.2, 0.25) is 10.0 Å². The molecule has 9 nitrogen and oxygen atoms in total. The van der Waals surface area contributed by atoms with Crippen LogP contribution in [0.3, 0.4) is 0 Å². The summed E-state index contributed by atoms with van der Waals surface area (Å²) in [6.45, 7) is 1.28. The summed E-state index contributed by atoms with van der Waals surface area (Å²) in [5.74, 6) is 0.326. The van der Waals surface area contributed by atoms with Crippen LogP contribution in [0.25, 0.3) is 0 Å². The van der Waals surface area contributed by atoms with Crippen molar-refractivity contribution in [2.45, 2.75) is 43.2 Å². The molecule has 1 aliphatic heterocycles. The topological polar surface area (TPSA) is 105 Å². The molecule has 2 aromatic heterocycles. The Labute approximate surface area is 162 Å².